The van der Waals surface area contributed by atoms with Gasteiger partial charge in [0, 0.05) is 11.6 Å². The molecule has 7 nitrogen and oxygen atoms in total. The Morgan fingerprint density at radius 1 is 0.962 bits per heavy atom. The number of carbonyl (C=O) groups excluding carboxylic acids is 3. The largest absolute Gasteiger partial charge is 0.497 e. The van der Waals surface area contributed by atoms with Crippen LogP contribution >= 0.6 is 0 Å². The molecule has 0 bridgehead atoms. The van der Waals surface area contributed by atoms with Crippen molar-refractivity contribution in [1.29, 1.82) is 0 Å². The van der Waals surface area contributed by atoms with Crippen LogP contribution in [0.1, 0.15) is 5.56 Å². The second kappa shape index (κ2) is 7.10. The van der Waals surface area contributed by atoms with Crippen LogP contribution in [0.3, 0.4) is 0 Å². The molecule has 1 heterocycles. The highest BCUT2D eigenvalue weighted by molar-refractivity contribution is 6.39. The number of carbonyl (C=O) groups is 3. The highest BCUT2D eigenvalue weighted by Gasteiger charge is 2.36. The monoisotopic (exact) mass is 352 g/mol. The molecule has 2 aromatic rings. The first-order valence-electron chi connectivity index (χ1n) is 7.73. The zero-order valence-electron chi connectivity index (χ0n) is 14.2. The van der Waals surface area contributed by atoms with E-state index in [1.165, 1.54) is 20.3 Å². The van der Waals surface area contributed by atoms with Crippen LogP contribution in [0.15, 0.2) is 54.1 Å². The average molecular weight is 352 g/mol. The van der Waals surface area contributed by atoms with Gasteiger partial charge in [-0.1, -0.05) is 18.2 Å². The highest BCUT2D eigenvalue weighted by atomic mass is 16.5. The third kappa shape index (κ3) is 3.14. The van der Waals surface area contributed by atoms with Crippen LogP contribution in [0.5, 0.6) is 11.5 Å². The van der Waals surface area contributed by atoms with E-state index in [0.717, 1.165) is 4.90 Å². The molecule has 7 heteroatoms. The molecule has 132 valence electrons. The molecule has 3 rings (SSSR count). The number of imide groups is 2. The minimum Gasteiger partial charge on any atom is -0.497 e. The van der Waals surface area contributed by atoms with E-state index in [-0.39, 0.29) is 5.57 Å². The lowest BCUT2D eigenvalue weighted by Gasteiger charge is -2.26. The summed E-state index contributed by atoms with van der Waals surface area (Å²) >= 11 is 0. The molecule has 0 radical (unpaired) electrons. The summed E-state index contributed by atoms with van der Waals surface area (Å²) in [5.41, 5.74) is 0.709. The number of amides is 4. The molecule has 1 N–H and O–H groups in total. The molecule has 0 unspecified atom stereocenters. The van der Waals surface area contributed by atoms with E-state index in [2.05, 4.69) is 5.32 Å². The number of para-hydroxylation sites is 1. The maximum Gasteiger partial charge on any atom is 0.335 e. The molecule has 1 aliphatic rings. The summed E-state index contributed by atoms with van der Waals surface area (Å²) in [6.07, 6.45) is 1.39. The van der Waals surface area contributed by atoms with Gasteiger partial charge in [0.15, 0.2) is 0 Å². The number of nitrogens with zero attached hydrogens (tertiary/aromatic N) is 1. The number of ether oxygens (including phenoxy) is 2. The fourth-order valence-corrected chi connectivity index (χ4v) is 2.56. The van der Waals surface area contributed by atoms with E-state index in [9.17, 15) is 14.4 Å². The molecule has 0 spiro atoms. The summed E-state index contributed by atoms with van der Waals surface area (Å²) in [6.45, 7) is 0. The summed E-state index contributed by atoms with van der Waals surface area (Å²) in [4.78, 5) is 38.0. The highest BCUT2D eigenvalue weighted by Crippen LogP contribution is 2.28. The number of rotatable bonds is 4. The van der Waals surface area contributed by atoms with E-state index >= 15 is 0 Å². The van der Waals surface area contributed by atoms with Crippen LogP contribution in [0.4, 0.5) is 10.5 Å². The summed E-state index contributed by atoms with van der Waals surface area (Å²) in [5, 5.41) is 2.18. The van der Waals surface area contributed by atoms with Gasteiger partial charge in [0.25, 0.3) is 11.8 Å². The van der Waals surface area contributed by atoms with Gasteiger partial charge in [0.1, 0.15) is 17.1 Å². The first kappa shape index (κ1) is 17.2. The Bertz CT molecular complexity index is 905. The van der Waals surface area contributed by atoms with Gasteiger partial charge in [-0.15, -0.1) is 0 Å². The van der Waals surface area contributed by atoms with E-state index in [4.69, 9.17) is 9.47 Å². The van der Waals surface area contributed by atoms with Crippen molar-refractivity contribution in [1.82, 2.24) is 5.32 Å². The molecule has 26 heavy (non-hydrogen) atoms. The summed E-state index contributed by atoms with van der Waals surface area (Å²) in [5.74, 6) is -0.460. The van der Waals surface area contributed by atoms with Gasteiger partial charge in [-0.25, -0.2) is 9.69 Å². The third-order valence-electron chi connectivity index (χ3n) is 3.86. The van der Waals surface area contributed by atoms with Crippen molar-refractivity contribution in [2.45, 2.75) is 0 Å². The number of hydrogen-bond acceptors (Lipinski definition) is 5. The van der Waals surface area contributed by atoms with Crippen molar-refractivity contribution >= 4 is 29.6 Å². The van der Waals surface area contributed by atoms with Crippen molar-refractivity contribution in [3.05, 3.63) is 59.7 Å². The zero-order valence-corrected chi connectivity index (χ0v) is 14.2. The SMILES string of the molecule is COc1ccc(/C=C2/C(=O)NC(=O)N(c3ccccc3)C2=O)c(OC)c1. The van der Waals surface area contributed by atoms with Crippen LogP contribution in [-0.2, 0) is 9.59 Å². The standard InChI is InChI=1S/C19H16N2O5/c1-25-14-9-8-12(16(11-14)26-2)10-15-17(22)20-19(24)21(18(15)23)13-6-4-3-5-7-13/h3-11H,1-2H3,(H,20,22,24)/b15-10-. The number of anilines is 1. The molecule has 1 aliphatic heterocycles. The van der Waals surface area contributed by atoms with Crippen molar-refractivity contribution in [3.63, 3.8) is 0 Å². The molecule has 1 saturated heterocycles. The number of benzene rings is 2. The molecule has 4 amide bonds. The fraction of sp³-hybridized carbons (Fsp3) is 0.105. The van der Waals surface area contributed by atoms with E-state index in [1.807, 2.05) is 0 Å². The lowest BCUT2D eigenvalue weighted by Crippen LogP contribution is -2.54. The first-order valence-corrected chi connectivity index (χ1v) is 7.73. The summed E-state index contributed by atoms with van der Waals surface area (Å²) < 4.78 is 10.4. The normalized spacial score (nSPS) is 15.8. The Morgan fingerprint density at radius 3 is 2.35 bits per heavy atom. The van der Waals surface area contributed by atoms with Crippen molar-refractivity contribution < 1.29 is 23.9 Å². The minimum atomic E-state index is -0.787. The average Bonchev–Trinajstić information content (AvgIpc) is 2.65. The first-order chi connectivity index (χ1) is 12.5. The van der Waals surface area contributed by atoms with Gasteiger partial charge in [-0.2, -0.15) is 0 Å². The number of urea groups is 1. The van der Waals surface area contributed by atoms with Gasteiger partial charge in [0.05, 0.1) is 19.9 Å². The minimum absolute atomic E-state index is 0.170. The Balaban J connectivity index is 2.04. The predicted molar refractivity (Wildman–Crippen MR) is 95.0 cm³/mol. The van der Waals surface area contributed by atoms with Crippen LogP contribution < -0.4 is 19.7 Å². The van der Waals surface area contributed by atoms with Crippen LogP contribution in [-0.4, -0.2) is 32.1 Å². The molecular formula is C19H16N2O5. The van der Waals surface area contributed by atoms with Crippen molar-refractivity contribution in [3.8, 4) is 11.5 Å². The van der Waals surface area contributed by atoms with Gasteiger partial charge in [-0.3, -0.25) is 14.9 Å². The Hall–Kier alpha value is -3.61. The van der Waals surface area contributed by atoms with E-state index < -0.39 is 17.8 Å². The number of nitrogens with one attached hydrogen (secondary N) is 1. The van der Waals surface area contributed by atoms with Crippen molar-refractivity contribution in [2.75, 3.05) is 19.1 Å². The summed E-state index contributed by atoms with van der Waals surface area (Å²) in [7, 11) is 2.99. The van der Waals surface area contributed by atoms with Gasteiger partial charge < -0.3 is 9.47 Å². The smallest absolute Gasteiger partial charge is 0.335 e. The number of hydrogen-bond donors (Lipinski definition) is 1. The second-order valence-electron chi connectivity index (χ2n) is 5.40. The molecular weight excluding hydrogens is 336 g/mol. The maximum atomic E-state index is 12.8. The summed E-state index contributed by atoms with van der Waals surface area (Å²) in [6, 6.07) is 12.6. The molecule has 1 fully saturated rings. The van der Waals surface area contributed by atoms with Crippen LogP contribution in [0.2, 0.25) is 0 Å². The fourth-order valence-electron chi connectivity index (χ4n) is 2.56. The molecule has 2 aromatic carbocycles. The third-order valence-corrected chi connectivity index (χ3v) is 3.86. The van der Waals surface area contributed by atoms with Crippen LogP contribution in [0.25, 0.3) is 6.08 Å². The topological polar surface area (TPSA) is 84.9 Å². The number of barbiturate groups is 1. The molecule has 0 atom stereocenters. The Labute approximate surface area is 149 Å². The zero-order chi connectivity index (χ0) is 18.7. The predicted octanol–water partition coefficient (Wildman–Crippen LogP) is 2.37. The number of methoxy groups -OCH3 is 2. The molecule has 0 aromatic heterocycles. The van der Waals surface area contributed by atoms with Gasteiger partial charge >= 0.3 is 6.03 Å². The lowest BCUT2D eigenvalue weighted by molar-refractivity contribution is -0.122. The van der Waals surface area contributed by atoms with E-state index in [0.29, 0.717) is 22.7 Å². The molecule has 0 saturated carbocycles. The maximum absolute atomic E-state index is 12.8. The Kier molecular flexibility index (Phi) is 4.70. The Morgan fingerprint density at radius 2 is 1.69 bits per heavy atom. The molecule has 0 aliphatic carbocycles. The van der Waals surface area contributed by atoms with Crippen molar-refractivity contribution in [2.24, 2.45) is 0 Å². The quantitative estimate of drug-likeness (QED) is 0.674. The second-order valence-corrected chi connectivity index (χ2v) is 5.40. The van der Waals surface area contributed by atoms with E-state index in [1.54, 1.807) is 48.5 Å². The van der Waals surface area contributed by atoms with Crippen LogP contribution in [0, 0.1) is 0 Å². The van der Waals surface area contributed by atoms with Gasteiger partial charge in [-0.05, 0) is 30.3 Å². The lowest BCUT2D eigenvalue weighted by atomic mass is 10.1. The van der Waals surface area contributed by atoms with Gasteiger partial charge in [0.2, 0.25) is 0 Å².